The lowest BCUT2D eigenvalue weighted by atomic mass is 9.96. The first-order valence-electron chi connectivity index (χ1n) is 11.0. The van der Waals surface area contributed by atoms with Gasteiger partial charge in [0.25, 0.3) is 5.91 Å². The number of benzene rings is 3. The van der Waals surface area contributed by atoms with Gasteiger partial charge in [-0.25, -0.2) is 4.68 Å². The summed E-state index contributed by atoms with van der Waals surface area (Å²) in [6, 6.07) is 15.4. The van der Waals surface area contributed by atoms with Gasteiger partial charge in [0.15, 0.2) is 17.5 Å². The number of nitrogens with zero attached hydrogens (tertiary/aromatic N) is 2. The standard InChI is InChI=1S/C25H19F3N4O3/c26-25(27,28)22-11-19(15-8-9-20-21(10-15)35-13-34-20)30-23-17(12-29-32(22)23)24(33)31-18-7-3-5-14-4-1-2-6-16(14)18/h1-10,12,19,22,30H,11,13H2,(H,31,33)/t19-,22-/m1/s1. The number of aromatic nitrogens is 2. The van der Waals surface area contributed by atoms with Crippen LogP contribution in [0.15, 0.2) is 66.9 Å². The molecule has 10 heteroatoms. The maximum Gasteiger partial charge on any atom is 0.410 e. The van der Waals surface area contributed by atoms with Gasteiger partial charge < -0.3 is 20.1 Å². The summed E-state index contributed by atoms with van der Waals surface area (Å²) in [5, 5.41) is 11.6. The number of anilines is 2. The van der Waals surface area contributed by atoms with Gasteiger partial charge in [0.1, 0.15) is 11.4 Å². The molecule has 178 valence electrons. The van der Waals surface area contributed by atoms with Crippen molar-refractivity contribution in [3.05, 3.63) is 78.0 Å². The summed E-state index contributed by atoms with van der Waals surface area (Å²) >= 11 is 0. The van der Waals surface area contributed by atoms with Gasteiger partial charge in [-0.2, -0.15) is 18.3 Å². The zero-order chi connectivity index (χ0) is 24.2. The van der Waals surface area contributed by atoms with Gasteiger partial charge in [0.05, 0.1) is 12.2 Å². The topological polar surface area (TPSA) is 77.4 Å². The summed E-state index contributed by atoms with van der Waals surface area (Å²) < 4.78 is 53.6. The first kappa shape index (κ1) is 21.3. The van der Waals surface area contributed by atoms with E-state index in [1.165, 1.54) is 6.20 Å². The van der Waals surface area contributed by atoms with Crippen LogP contribution in [0.1, 0.15) is 34.4 Å². The third-order valence-electron chi connectivity index (χ3n) is 6.32. The highest BCUT2D eigenvalue weighted by Gasteiger charge is 2.47. The number of alkyl halides is 3. The fourth-order valence-corrected chi connectivity index (χ4v) is 4.60. The lowest BCUT2D eigenvalue weighted by Crippen LogP contribution is -2.36. The molecule has 4 aromatic rings. The largest absolute Gasteiger partial charge is 0.454 e. The smallest absolute Gasteiger partial charge is 0.410 e. The third kappa shape index (κ3) is 3.71. The lowest BCUT2D eigenvalue weighted by Gasteiger charge is -2.34. The Labute approximate surface area is 197 Å². The van der Waals surface area contributed by atoms with E-state index in [1.807, 2.05) is 30.3 Å². The Morgan fingerprint density at radius 1 is 1.06 bits per heavy atom. The molecular formula is C25H19F3N4O3. The summed E-state index contributed by atoms with van der Waals surface area (Å²) in [6.07, 6.45) is -3.67. The molecule has 7 nitrogen and oxygen atoms in total. The molecule has 2 aliphatic heterocycles. The van der Waals surface area contributed by atoms with Gasteiger partial charge >= 0.3 is 6.18 Å². The average molecular weight is 480 g/mol. The van der Waals surface area contributed by atoms with Crippen molar-refractivity contribution >= 4 is 28.2 Å². The van der Waals surface area contributed by atoms with E-state index in [1.54, 1.807) is 30.3 Å². The normalized spacial score (nSPS) is 18.7. The fourth-order valence-electron chi connectivity index (χ4n) is 4.60. The van der Waals surface area contributed by atoms with Crippen LogP contribution in [0.25, 0.3) is 10.8 Å². The van der Waals surface area contributed by atoms with Crippen LogP contribution < -0.4 is 20.1 Å². The summed E-state index contributed by atoms with van der Waals surface area (Å²) in [5.74, 6) is 0.472. The Morgan fingerprint density at radius 2 is 1.86 bits per heavy atom. The van der Waals surface area contributed by atoms with Gasteiger partial charge in [0.2, 0.25) is 6.79 Å². The molecule has 1 aromatic heterocycles. The minimum Gasteiger partial charge on any atom is -0.454 e. The van der Waals surface area contributed by atoms with E-state index in [9.17, 15) is 18.0 Å². The number of carbonyl (C=O) groups excluding carboxylic acids is 1. The van der Waals surface area contributed by atoms with Gasteiger partial charge in [-0.15, -0.1) is 0 Å². The monoisotopic (exact) mass is 480 g/mol. The predicted octanol–water partition coefficient (Wildman–Crippen LogP) is 5.68. The molecule has 0 saturated carbocycles. The van der Waals surface area contributed by atoms with Crippen molar-refractivity contribution in [1.29, 1.82) is 0 Å². The molecule has 35 heavy (non-hydrogen) atoms. The number of fused-ring (bicyclic) bond motifs is 3. The highest BCUT2D eigenvalue weighted by molar-refractivity contribution is 6.11. The number of ether oxygens (including phenoxy) is 2. The van der Waals surface area contributed by atoms with Crippen molar-refractivity contribution in [2.75, 3.05) is 17.4 Å². The molecule has 0 spiro atoms. The van der Waals surface area contributed by atoms with Crippen LogP contribution in [0.5, 0.6) is 11.5 Å². The van der Waals surface area contributed by atoms with Crippen molar-refractivity contribution in [2.45, 2.75) is 24.7 Å². The van der Waals surface area contributed by atoms with Gasteiger partial charge in [-0.3, -0.25) is 4.79 Å². The van der Waals surface area contributed by atoms with Crippen LogP contribution >= 0.6 is 0 Å². The molecule has 0 saturated heterocycles. The molecule has 2 N–H and O–H groups in total. The summed E-state index contributed by atoms with van der Waals surface area (Å²) in [7, 11) is 0. The molecule has 0 bridgehead atoms. The molecule has 0 unspecified atom stereocenters. The second kappa shape index (κ2) is 7.93. The predicted molar refractivity (Wildman–Crippen MR) is 123 cm³/mol. The number of nitrogens with one attached hydrogen (secondary N) is 2. The first-order chi connectivity index (χ1) is 16.9. The number of hydrogen-bond donors (Lipinski definition) is 2. The molecule has 0 radical (unpaired) electrons. The van der Waals surface area contributed by atoms with Gasteiger partial charge in [-0.05, 0) is 29.1 Å². The summed E-state index contributed by atoms with van der Waals surface area (Å²) in [5.41, 5.74) is 1.18. The lowest BCUT2D eigenvalue weighted by molar-refractivity contribution is -0.173. The van der Waals surface area contributed by atoms with Crippen LogP contribution in [0.3, 0.4) is 0 Å². The van der Waals surface area contributed by atoms with E-state index >= 15 is 0 Å². The van der Waals surface area contributed by atoms with E-state index in [-0.39, 0.29) is 24.6 Å². The van der Waals surface area contributed by atoms with E-state index in [2.05, 4.69) is 15.7 Å². The Kier molecular flexibility index (Phi) is 4.84. The molecule has 3 heterocycles. The highest BCUT2D eigenvalue weighted by Crippen LogP contribution is 2.46. The van der Waals surface area contributed by atoms with Gasteiger partial charge in [-0.1, -0.05) is 42.5 Å². The Balaban J connectivity index is 1.36. The average Bonchev–Trinajstić information content (AvgIpc) is 3.49. The molecule has 2 atom stereocenters. The van der Waals surface area contributed by atoms with Crippen molar-refractivity contribution in [3.8, 4) is 11.5 Å². The number of hydrogen-bond acceptors (Lipinski definition) is 5. The van der Waals surface area contributed by atoms with E-state index in [4.69, 9.17) is 9.47 Å². The first-order valence-corrected chi connectivity index (χ1v) is 11.0. The Hall–Kier alpha value is -4.21. The molecule has 0 aliphatic carbocycles. The number of amides is 1. The molecular weight excluding hydrogens is 461 g/mol. The maximum absolute atomic E-state index is 14.0. The van der Waals surface area contributed by atoms with Crippen molar-refractivity contribution < 1.29 is 27.4 Å². The maximum atomic E-state index is 14.0. The zero-order valence-corrected chi connectivity index (χ0v) is 18.2. The fraction of sp³-hybridized carbons (Fsp3) is 0.200. The zero-order valence-electron chi connectivity index (χ0n) is 18.2. The quantitative estimate of drug-likeness (QED) is 0.395. The second-order valence-corrected chi connectivity index (χ2v) is 8.43. The second-order valence-electron chi connectivity index (χ2n) is 8.43. The molecule has 1 amide bonds. The Morgan fingerprint density at radius 3 is 2.71 bits per heavy atom. The molecule has 3 aromatic carbocycles. The summed E-state index contributed by atoms with van der Waals surface area (Å²) in [6.45, 7) is 0.0628. The number of rotatable bonds is 3. The van der Waals surface area contributed by atoms with Crippen LogP contribution in [0.2, 0.25) is 0 Å². The van der Waals surface area contributed by atoms with Crippen molar-refractivity contribution in [1.82, 2.24) is 9.78 Å². The SMILES string of the molecule is O=C(Nc1cccc2ccccc12)c1cnn2c1N[C@@H](c1ccc3c(c1)OCO3)C[C@@H]2C(F)(F)F. The van der Waals surface area contributed by atoms with Gasteiger partial charge in [0, 0.05) is 17.5 Å². The summed E-state index contributed by atoms with van der Waals surface area (Å²) in [4.78, 5) is 13.2. The van der Waals surface area contributed by atoms with Crippen molar-refractivity contribution in [2.24, 2.45) is 0 Å². The van der Waals surface area contributed by atoms with Crippen LogP contribution in [0.4, 0.5) is 24.7 Å². The number of halogens is 3. The van der Waals surface area contributed by atoms with E-state index < -0.39 is 24.2 Å². The molecule has 0 fully saturated rings. The minimum absolute atomic E-state index is 0.0129. The van der Waals surface area contributed by atoms with Crippen molar-refractivity contribution in [3.63, 3.8) is 0 Å². The van der Waals surface area contributed by atoms with Crippen LogP contribution in [-0.2, 0) is 0 Å². The Bertz CT molecular complexity index is 1440. The molecule has 2 aliphatic rings. The highest BCUT2D eigenvalue weighted by atomic mass is 19.4. The van der Waals surface area contributed by atoms with E-state index in [0.717, 1.165) is 15.5 Å². The van der Waals surface area contributed by atoms with Crippen LogP contribution in [0, 0.1) is 0 Å². The van der Waals surface area contributed by atoms with Crippen LogP contribution in [-0.4, -0.2) is 28.7 Å². The van der Waals surface area contributed by atoms with E-state index in [0.29, 0.717) is 22.7 Å². The molecule has 6 rings (SSSR count). The minimum atomic E-state index is -4.55. The third-order valence-corrected chi connectivity index (χ3v) is 6.32. The number of carbonyl (C=O) groups is 1.